The number of likely N-dealkylation sites (N-methyl/N-ethyl adjacent to an activating group) is 1. The van der Waals surface area contributed by atoms with Crippen LogP contribution in [0.25, 0.3) is 0 Å². The Hall–Kier alpha value is -1.06. The van der Waals surface area contributed by atoms with Crippen LogP contribution < -0.4 is 10.5 Å². The van der Waals surface area contributed by atoms with Gasteiger partial charge in [0.2, 0.25) is 0 Å². The highest BCUT2D eigenvalue weighted by Gasteiger charge is 2.21. The summed E-state index contributed by atoms with van der Waals surface area (Å²) < 4.78 is 5.56. The van der Waals surface area contributed by atoms with Gasteiger partial charge in [-0.3, -0.25) is 0 Å². The fourth-order valence-electron chi connectivity index (χ4n) is 3.43. The van der Waals surface area contributed by atoms with Crippen molar-refractivity contribution in [2.45, 2.75) is 50.6 Å². The van der Waals surface area contributed by atoms with Crippen LogP contribution in [-0.4, -0.2) is 37.2 Å². The second-order valence-electron chi connectivity index (χ2n) is 6.34. The van der Waals surface area contributed by atoms with Crippen LogP contribution in [0.5, 0.6) is 5.75 Å². The molecule has 1 saturated carbocycles. The zero-order valence-corrected chi connectivity index (χ0v) is 12.5. The maximum Gasteiger partial charge on any atom is 0.122 e. The minimum atomic E-state index is 0.441. The van der Waals surface area contributed by atoms with Crippen molar-refractivity contribution in [3.8, 4) is 5.75 Å². The van der Waals surface area contributed by atoms with E-state index in [4.69, 9.17) is 10.5 Å². The molecule has 0 aromatic heterocycles. The van der Waals surface area contributed by atoms with Gasteiger partial charge in [-0.1, -0.05) is 12.1 Å². The largest absolute Gasteiger partial charge is 0.493 e. The molecular formula is C17H26N2O. The predicted octanol–water partition coefficient (Wildman–Crippen LogP) is 2.37. The highest BCUT2D eigenvalue weighted by molar-refractivity contribution is 5.39. The highest BCUT2D eigenvalue weighted by Crippen LogP contribution is 2.26. The molecule has 0 radical (unpaired) electrons. The summed E-state index contributed by atoms with van der Waals surface area (Å²) in [6.45, 7) is 1.99. The maximum atomic E-state index is 5.98. The Morgan fingerprint density at radius 2 is 2.05 bits per heavy atom. The minimum absolute atomic E-state index is 0.441. The van der Waals surface area contributed by atoms with Gasteiger partial charge in [-0.05, 0) is 56.3 Å². The summed E-state index contributed by atoms with van der Waals surface area (Å²) in [5, 5.41) is 0. The van der Waals surface area contributed by atoms with Crippen LogP contribution in [-0.2, 0) is 12.8 Å². The van der Waals surface area contributed by atoms with Crippen molar-refractivity contribution in [1.82, 2.24) is 4.90 Å². The fourth-order valence-corrected chi connectivity index (χ4v) is 3.43. The van der Waals surface area contributed by atoms with E-state index in [9.17, 15) is 0 Å². The molecule has 1 fully saturated rings. The van der Waals surface area contributed by atoms with E-state index >= 15 is 0 Å². The van der Waals surface area contributed by atoms with Gasteiger partial charge in [-0.15, -0.1) is 0 Å². The van der Waals surface area contributed by atoms with E-state index in [1.165, 1.54) is 36.8 Å². The molecule has 1 heterocycles. The Kier molecular flexibility index (Phi) is 4.27. The fraction of sp³-hybridized carbons (Fsp3) is 0.647. The molecule has 0 bridgehead atoms. The monoisotopic (exact) mass is 274 g/mol. The molecule has 0 unspecified atom stereocenters. The van der Waals surface area contributed by atoms with E-state index in [0.29, 0.717) is 6.04 Å². The first-order valence-electron chi connectivity index (χ1n) is 7.93. The molecule has 2 N–H and O–H groups in total. The van der Waals surface area contributed by atoms with Crippen molar-refractivity contribution in [2.75, 3.05) is 20.2 Å². The number of nitrogens with zero attached hydrogens (tertiary/aromatic N) is 1. The highest BCUT2D eigenvalue weighted by atomic mass is 16.5. The summed E-state index contributed by atoms with van der Waals surface area (Å²) in [5.74, 6) is 1.09. The number of fused-ring (bicyclic) bond motifs is 1. The lowest BCUT2D eigenvalue weighted by atomic mass is 9.91. The summed E-state index contributed by atoms with van der Waals surface area (Å²) in [5.41, 5.74) is 8.81. The molecule has 1 aromatic rings. The lowest BCUT2D eigenvalue weighted by Crippen LogP contribution is -2.39. The van der Waals surface area contributed by atoms with Crippen LogP contribution in [0.4, 0.5) is 0 Å². The normalized spacial score (nSPS) is 25.6. The van der Waals surface area contributed by atoms with Crippen LogP contribution in [0.2, 0.25) is 0 Å². The smallest absolute Gasteiger partial charge is 0.122 e. The molecule has 1 aliphatic heterocycles. The van der Waals surface area contributed by atoms with Gasteiger partial charge in [-0.2, -0.15) is 0 Å². The Morgan fingerprint density at radius 1 is 1.25 bits per heavy atom. The molecule has 1 aliphatic carbocycles. The Morgan fingerprint density at radius 3 is 2.85 bits per heavy atom. The van der Waals surface area contributed by atoms with Crippen molar-refractivity contribution < 1.29 is 4.74 Å². The molecule has 110 valence electrons. The summed E-state index contributed by atoms with van der Waals surface area (Å²) in [4.78, 5) is 2.52. The molecule has 0 saturated heterocycles. The van der Waals surface area contributed by atoms with Crippen molar-refractivity contribution in [3.05, 3.63) is 29.3 Å². The van der Waals surface area contributed by atoms with Gasteiger partial charge >= 0.3 is 0 Å². The third-order valence-electron chi connectivity index (χ3n) is 4.87. The number of rotatable bonds is 4. The van der Waals surface area contributed by atoms with Gasteiger partial charge in [0.15, 0.2) is 0 Å². The maximum absolute atomic E-state index is 5.98. The number of hydrogen-bond acceptors (Lipinski definition) is 3. The van der Waals surface area contributed by atoms with Gasteiger partial charge in [0.05, 0.1) is 6.61 Å². The lowest BCUT2D eigenvalue weighted by Gasteiger charge is -2.33. The van der Waals surface area contributed by atoms with Crippen LogP contribution >= 0.6 is 0 Å². The SMILES string of the molecule is CN(CCc1ccc2c(c1)CCO2)C1CCC(N)CC1. The van der Waals surface area contributed by atoms with Crippen LogP contribution in [0.1, 0.15) is 36.8 Å². The second-order valence-corrected chi connectivity index (χ2v) is 6.34. The van der Waals surface area contributed by atoms with Crippen molar-refractivity contribution >= 4 is 0 Å². The zero-order chi connectivity index (χ0) is 13.9. The van der Waals surface area contributed by atoms with Gasteiger partial charge < -0.3 is 15.4 Å². The number of nitrogens with two attached hydrogens (primary N) is 1. The number of hydrogen-bond donors (Lipinski definition) is 1. The predicted molar refractivity (Wildman–Crippen MR) is 82.2 cm³/mol. The molecule has 3 nitrogen and oxygen atoms in total. The van der Waals surface area contributed by atoms with Gasteiger partial charge in [0.1, 0.15) is 5.75 Å². The third kappa shape index (κ3) is 3.15. The molecule has 20 heavy (non-hydrogen) atoms. The average Bonchev–Trinajstić information content (AvgIpc) is 2.93. The first kappa shape index (κ1) is 13.9. The molecule has 0 atom stereocenters. The summed E-state index contributed by atoms with van der Waals surface area (Å²) in [6, 6.07) is 7.85. The van der Waals surface area contributed by atoms with E-state index in [0.717, 1.165) is 37.8 Å². The summed E-state index contributed by atoms with van der Waals surface area (Å²) >= 11 is 0. The van der Waals surface area contributed by atoms with Crippen molar-refractivity contribution in [2.24, 2.45) is 5.73 Å². The molecule has 0 spiro atoms. The molecular weight excluding hydrogens is 248 g/mol. The van der Waals surface area contributed by atoms with Crippen LogP contribution in [0.15, 0.2) is 18.2 Å². The van der Waals surface area contributed by atoms with E-state index in [2.05, 4.69) is 30.1 Å². The van der Waals surface area contributed by atoms with E-state index in [-0.39, 0.29) is 0 Å². The van der Waals surface area contributed by atoms with Crippen LogP contribution in [0, 0.1) is 0 Å². The lowest BCUT2D eigenvalue weighted by molar-refractivity contribution is 0.185. The topological polar surface area (TPSA) is 38.5 Å². The molecule has 1 aromatic carbocycles. The third-order valence-corrected chi connectivity index (χ3v) is 4.87. The van der Waals surface area contributed by atoms with Gasteiger partial charge in [0, 0.05) is 25.0 Å². The van der Waals surface area contributed by atoms with E-state index in [1.54, 1.807) is 0 Å². The average molecular weight is 274 g/mol. The summed E-state index contributed by atoms with van der Waals surface area (Å²) in [7, 11) is 2.26. The van der Waals surface area contributed by atoms with E-state index in [1.807, 2.05) is 0 Å². The summed E-state index contributed by atoms with van der Waals surface area (Å²) in [6.07, 6.45) is 7.09. The standard InChI is InChI=1S/C17H26N2O/c1-19(16-5-3-15(18)4-6-16)10-8-13-2-7-17-14(12-13)9-11-20-17/h2,7,12,15-16H,3-6,8-11,18H2,1H3. The minimum Gasteiger partial charge on any atom is -0.493 e. The van der Waals surface area contributed by atoms with Gasteiger partial charge in [0.25, 0.3) is 0 Å². The Bertz CT molecular complexity index is 452. The van der Waals surface area contributed by atoms with Crippen molar-refractivity contribution in [3.63, 3.8) is 0 Å². The van der Waals surface area contributed by atoms with Gasteiger partial charge in [-0.25, -0.2) is 0 Å². The molecule has 3 heteroatoms. The molecule has 3 rings (SSSR count). The Labute approximate surface area is 122 Å². The number of benzene rings is 1. The van der Waals surface area contributed by atoms with Crippen molar-refractivity contribution in [1.29, 1.82) is 0 Å². The van der Waals surface area contributed by atoms with E-state index < -0.39 is 0 Å². The van der Waals surface area contributed by atoms with Crippen LogP contribution in [0.3, 0.4) is 0 Å². The molecule has 0 amide bonds. The second kappa shape index (κ2) is 6.15. The molecule has 2 aliphatic rings. The zero-order valence-electron chi connectivity index (χ0n) is 12.5. The quantitative estimate of drug-likeness (QED) is 0.916. The first-order chi connectivity index (χ1) is 9.72. The first-order valence-corrected chi connectivity index (χ1v) is 7.93. The number of ether oxygens (including phenoxy) is 1. The Balaban J connectivity index is 1.51.